The van der Waals surface area contributed by atoms with Gasteiger partial charge in [0.2, 0.25) is 0 Å². The van der Waals surface area contributed by atoms with Gasteiger partial charge in [0.25, 0.3) is 0 Å². The first kappa shape index (κ1) is 15.2. The maximum Gasteiger partial charge on any atom is 0.120 e. The van der Waals surface area contributed by atoms with E-state index in [1.54, 1.807) is 18.2 Å². The molecule has 23 heavy (non-hydrogen) atoms. The molecule has 2 heteroatoms. The molecule has 0 amide bonds. The van der Waals surface area contributed by atoms with Gasteiger partial charge in [0, 0.05) is 17.0 Å². The van der Waals surface area contributed by atoms with Crippen LogP contribution < -0.4 is 0 Å². The number of hydrogen-bond acceptors (Lipinski definition) is 2. The molecule has 116 valence electrons. The first-order valence-electron chi connectivity index (χ1n) is 7.75. The average molecular weight is 304 g/mol. The smallest absolute Gasteiger partial charge is 0.120 e. The Hall–Kier alpha value is -2.74. The highest BCUT2D eigenvalue weighted by molar-refractivity contribution is 5.75. The van der Waals surface area contributed by atoms with E-state index in [1.165, 1.54) is 0 Å². The van der Waals surface area contributed by atoms with Gasteiger partial charge in [0.15, 0.2) is 0 Å². The van der Waals surface area contributed by atoms with Gasteiger partial charge < -0.3 is 10.2 Å². The van der Waals surface area contributed by atoms with Gasteiger partial charge in [-0.1, -0.05) is 61.5 Å². The zero-order valence-corrected chi connectivity index (χ0v) is 13.3. The summed E-state index contributed by atoms with van der Waals surface area (Å²) < 4.78 is 0. The highest BCUT2D eigenvalue weighted by Crippen LogP contribution is 2.42. The molecule has 1 atom stereocenters. The molecule has 3 rings (SSSR count). The second kappa shape index (κ2) is 6.17. The summed E-state index contributed by atoms with van der Waals surface area (Å²) >= 11 is 0. The largest absolute Gasteiger partial charge is 0.508 e. The van der Waals surface area contributed by atoms with Crippen LogP contribution in [0.25, 0.3) is 11.1 Å². The van der Waals surface area contributed by atoms with Crippen molar-refractivity contribution in [1.29, 1.82) is 0 Å². The third kappa shape index (κ3) is 2.80. The molecule has 3 aromatic rings. The van der Waals surface area contributed by atoms with Crippen LogP contribution in [0.3, 0.4) is 0 Å². The minimum atomic E-state index is -0.119. The third-order valence-corrected chi connectivity index (χ3v) is 4.33. The Kier molecular flexibility index (Phi) is 4.07. The number of rotatable bonds is 3. The lowest BCUT2D eigenvalue weighted by Crippen LogP contribution is -2.01. The minimum absolute atomic E-state index is 0.119. The molecular weight excluding hydrogens is 284 g/mol. The van der Waals surface area contributed by atoms with Gasteiger partial charge in [-0.15, -0.1) is 0 Å². The lowest BCUT2D eigenvalue weighted by atomic mass is 9.84. The van der Waals surface area contributed by atoms with E-state index in [-0.39, 0.29) is 17.4 Å². The van der Waals surface area contributed by atoms with E-state index in [4.69, 9.17) is 0 Å². The first-order valence-corrected chi connectivity index (χ1v) is 7.75. The fourth-order valence-electron chi connectivity index (χ4n) is 3.15. The Labute approximate surface area is 136 Å². The normalized spacial score (nSPS) is 12.1. The standard InChI is InChI=1S/C21H20O2/c1-14-12-13-19(23)21(20(14)16-8-4-3-5-9-16)15(2)17-10-6-7-11-18(17)22/h3-13,15,22-23H,1-2H3. The molecule has 1 unspecified atom stereocenters. The van der Waals surface area contributed by atoms with Gasteiger partial charge in [-0.05, 0) is 35.7 Å². The van der Waals surface area contributed by atoms with Crippen LogP contribution in [-0.4, -0.2) is 10.2 Å². The molecule has 0 spiro atoms. The van der Waals surface area contributed by atoms with Gasteiger partial charge in [-0.2, -0.15) is 0 Å². The van der Waals surface area contributed by atoms with Crippen molar-refractivity contribution in [2.45, 2.75) is 19.8 Å². The van der Waals surface area contributed by atoms with Crippen LogP contribution >= 0.6 is 0 Å². The number of phenols is 2. The van der Waals surface area contributed by atoms with Crippen LogP contribution in [0.2, 0.25) is 0 Å². The van der Waals surface area contributed by atoms with Gasteiger partial charge in [0.05, 0.1) is 0 Å². The van der Waals surface area contributed by atoms with Crippen LogP contribution in [0.5, 0.6) is 11.5 Å². The maximum atomic E-state index is 10.5. The van der Waals surface area contributed by atoms with Crippen molar-refractivity contribution in [3.05, 3.63) is 83.4 Å². The SMILES string of the molecule is Cc1ccc(O)c(C(C)c2ccccc2O)c1-c1ccccc1. The Bertz CT molecular complexity index is 823. The summed E-state index contributed by atoms with van der Waals surface area (Å²) in [4.78, 5) is 0. The lowest BCUT2D eigenvalue weighted by molar-refractivity contribution is 0.457. The quantitative estimate of drug-likeness (QED) is 0.696. The molecule has 2 N–H and O–H groups in total. The Morgan fingerprint density at radius 2 is 1.39 bits per heavy atom. The van der Waals surface area contributed by atoms with Crippen molar-refractivity contribution >= 4 is 0 Å². The van der Waals surface area contributed by atoms with Crippen LogP contribution in [-0.2, 0) is 0 Å². The van der Waals surface area contributed by atoms with E-state index in [2.05, 4.69) is 0 Å². The van der Waals surface area contributed by atoms with Gasteiger partial charge >= 0.3 is 0 Å². The molecule has 0 aliphatic heterocycles. The van der Waals surface area contributed by atoms with Crippen LogP contribution in [0.15, 0.2) is 66.7 Å². The van der Waals surface area contributed by atoms with Gasteiger partial charge in [0.1, 0.15) is 11.5 Å². The third-order valence-electron chi connectivity index (χ3n) is 4.33. The van der Waals surface area contributed by atoms with Crippen molar-refractivity contribution < 1.29 is 10.2 Å². The second-order valence-corrected chi connectivity index (χ2v) is 5.84. The number of aromatic hydroxyl groups is 2. The number of hydrogen-bond donors (Lipinski definition) is 2. The number of para-hydroxylation sites is 1. The number of aryl methyl sites for hydroxylation is 1. The summed E-state index contributed by atoms with van der Waals surface area (Å²) in [6, 6.07) is 21.0. The van der Waals surface area contributed by atoms with Crippen LogP contribution in [0.1, 0.15) is 29.5 Å². The van der Waals surface area contributed by atoms with Crippen molar-refractivity contribution in [3.8, 4) is 22.6 Å². The Morgan fingerprint density at radius 1 is 0.739 bits per heavy atom. The molecule has 0 heterocycles. The predicted octanol–water partition coefficient (Wildman–Crippen LogP) is 5.23. The lowest BCUT2D eigenvalue weighted by Gasteiger charge is -2.21. The summed E-state index contributed by atoms with van der Waals surface area (Å²) in [6.07, 6.45) is 0. The second-order valence-electron chi connectivity index (χ2n) is 5.84. The van der Waals surface area contributed by atoms with E-state index < -0.39 is 0 Å². The van der Waals surface area contributed by atoms with E-state index in [0.29, 0.717) is 0 Å². The topological polar surface area (TPSA) is 40.5 Å². The highest BCUT2D eigenvalue weighted by Gasteiger charge is 2.21. The van der Waals surface area contributed by atoms with Crippen LogP contribution in [0.4, 0.5) is 0 Å². The van der Waals surface area contributed by atoms with E-state index in [0.717, 1.165) is 27.8 Å². The van der Waals surface area contributed by atoms with Crippen molar-refractivity contribution in [2.24, 2.45) is 0 Å². The average Bonchev–Trinajstić information content (AvgIpc) is 2.57. The molecule has 3 aromatic carbocycles. The molecule has 2 nitrogen and oxygen atoms in total. The Balaban J connectivity index is 2.23. The first-order chi connectivity index (χ1) is 11.1. The van der Waals surface area contributed by atoms with E-state index in [1.807, 2.05) is 62.4 Å². The van der Waals surface area contributed by atoms with Gasteiger partial charge in [-0.25, -0.2) is 0 Å². The highest BCUT2D eigenvalue weighted by atomic mass is 16.3. The summed E-state index contributed by atoms with van der Waals surface area (Å²) in [7, 11) is 0. The fourth-order valence-corrected chi connectivity index (χ4v) is 3.15. The molecule has 0 saturated heterocycles. The summed E-state index contributed by atoms with van der Waals surface area (Å²) in [5, 5.41) is 20.7. The zero-order valence-electron chi connectivity index (χ0n) is 13.3. The zero-order chi connectivity index (χ0) is 16.4. The van der Waals surface area contributed by atoms with Crippen molar-refractivity contribution in [3.63, 3.8) is 0 Å². The van der Waals surface area contributed by atoms with E-state index >= 15 is 0 Å². The number of phenolic OH excluding ortho intramolecular Hbond substituents is 2. The molecule has 0 saturated carbocycles. The molecule has 0 aliphatic carbocycles. The molecular formula is C21H20O2. The molecule has 0 aromatic heterocycles. The molecule has 0 aliphatic rings. The number of benzene rings is 3. The monoisotopic (exact) mass is 304 g/mol. The molecule has 0 fully saturated rings. The summed E-state index contributed by atoms with van der Waals surface area (Å²) in [5.41, 5.74) is 4.86. The minimum Gasteiger partial charge on any atom is -0.508 e. The summed E-state index contributed by atoms with van der Waals surface area (Å²) in [6.45, 7) is 4.05. The van der Waals surface area contributed by atoms with Crippen molar-refractivity contribution in [1.82, 2.24) is 0 Å². The molecule has 0 bridgehead atoms. The van der Waals surface area contributed by atoms with E-state index in [9.17, 15) is 10.2 Å². The Morgan fingerprint density at radius 3 is 2.09 bits per heavy atom. The van der Waals surface area contributed by atoms with Gasteiger partial charge in [-0.3, -0.25) is 0 Å². The predicted molar refractivity (Wildman–Crippen MR) is 93.9 cm³/mol. The summed E-state index contributed by atoms with van der Waals surface area (Å²) in [5.74, 6) is 0.386. The molecule has 0 radical (unpaired) electrons. The van der Waals surface area contributed by atoms with Crippen molar-refractivity contribution in [2.75, 3.05) is 0 Å². The van der Waals surface area contributed by atoms with Crippen LogP contribution in [0, 0.1) is 6.92 Å². The maximum absolute atomic E-state index is 10.5. The fraction of sp³-hybridized carbons (Fsp3) is 0.143.